The molecule has 0 radical (unpaired) electrons. The van der Waals surface area contributed by atoms with Crippen molar-refractivity contribution in [3.63, 3.8) is 0 Å². The predicted molar refractivity (Wildman–Crippen MR) is 143 cm³/mol. The zero-order chi connectivity index (χ0) is 29.7. The number of ketones is 2. The number of nitrogens with two attached hydrogens (primary N) is 1. The minimum absolute atomic E-state index is 0.0334. The number of carbonyl (C=O) groups is 4. The number of hydrogen-bond acceptors (Lipinski definition) is 11. The van der Waals surface area contributed by atoms with Crippen LogP contribution in [0.5, 0.6) is 11.5 Å². The van der Waals surface area contributed by atoms with Crippen LogP contribution >= 0.6 is 0 Å². The summed E-state index contributed by atoms with van der Waals surface area (Å²) in [5.74, 6) is -7.77. The Labute approximate surface area is 230 Å². The molecule has 1 aromatic carbocycles. The highest BCUT2D eigenvalue weighted by atomic mass is 16.5. The van der Waals surface area contributed by atoms with Crippen molar-refractivity contribution in [3.8, 4) is 11.5 Å². The molecule has 4 atom stereocenters. The van der Waals surface area contributed by atoms with Gasteiger partial charge in [-0.05, 0) is 45.8 Å². The molecule has 0 aliphatic heterocycles. The van der Waals surface area contributed by atoms with Crippen LogP contribution in [0.2, 0.25) is 0 Å². The Balaban J connectivity index is 1.87. The molecule has 0 unspecified atom stereocenters. The highest BCUT2D eigenvalue weighted by Gasteiger charge is 2.64. The number of rotatable bonds is 8. The minimum Gasteiger partial charge on any atom is -0.508 e. The molecule has 13 nitrogen and oxygen atoms in total. The lowest BCUT2D eigenvalue weighted by Crippen LogP contribution is -2.65. The number of ether oxygens (including phenoxy) is 1. The molecule has 4 rings (SSSR count). The number of aliphatic hydroxyl groups excluding tert-OH is 2. The number of methoxy groups -OCH3 is 1. The van der Waals surface area contributed by atoms with E-state index in [-0.39, 0.29) is 42.0 Å². The van der Waals surface area contributed by atoms with Crippen LogP contribution in [0.15, 0.2) is 23.0 Å². The van der Waals surface area contributed by atoms with Gasteiger partial charge in [-0.2, -0.15) is 0 Å². The van der Waals surface area contributed by atoms with E-state index in [0.29, 0.717) is 12.1 Å². The average molecular weight is 559 g/mol. The average Bonchev–Trinajstić information content (AvgIpc) is 2.87. The van der Waals surface area contributed by atoms with Gasteiger partial charge < -0.3 is 41.5 Å². The molecule has 0 saturated heterocycles. The van der Waals surface area contributed by atoms with Crippen LogP contribution in [-0.2, 0) is 25.6 Å². The Hall–Kier alpha value is -3.94. The number of aliphatic hydroxyl groups is 3. The number of phenolic OH excluding ortho intramolecular Hbond substituents is 1. The van der Waals surface area contributed by atoms with E-state index >= 15 is 0 Å². The second-order valence-corrected chi connectivity index (χ2v) is 10.5. The molecule has 216 valence electrons. The van der Waals surface area contributed by atoms with Crippen molar-refractivity contribution in [2.45, 2.75) is 37.8 Å². The molecule has 0 spiro atoms. The number of carbonyl (C=O) groups excluding carboxylic acids is 4. The van der Waals surface area contributed by atoms with Gasteiger partial charge in [0, 0.05) is 23.1 Å². The summed E-state index contributed by atoms with van der Waals surface area (Å²) in [4.78, 5) is 53.0. The van der Waals surface area contributed by atoms with Gasteiger partial charge in [-0.3, -0.25) is 24.1 Å². The number of aromatic hydroxyl groups is 1. The van der Waals surface area contributed by atoms with Gasteiger partial charge in [0.05, 0.1) is 30.9 Å². The Kier molecular flexibility index (Phi) is 7.67. The summed E-state index contributed by atoms with van der Waals surface area (Å²) in [5, 5.41) is 50.6. The molecular weight excluding hydrogens is 524 g/mol. The number of hydrogen-bond donors (Lipinski definition) is 7. The van der Waals surface area contributed by atoms with Gasteiger partial charge in [-0.25, -0.2) is 0 Å². The van der Waals surface area contributed by atoms with E-state index in [1.165, 1.54) is 32.2 Å². The first-order valence-corrected chi connectivity index (χ1v) is 12.9. The lowest BCUT2D eigenvalue weighted by Gasteiger charge is -2.50. The van der Waals surface area contributed by atoms with Crippen LogP contribution < -0.4 is 21.1 Å². The molecule has 13 heteroatoms. The Bertz CT molecular complexity index is 1370. The quantitative estimate of drug-likeness (QED) is 0.127. The Morgan fingerprint density at radius 3 is 2.48 bits per heavy atom. The highest BCUT2D eigenvalue weighted by Crippen LogP contribution is 2.54. The zero-order valence-electron chi connectivity index (χ0n) is 22.7. The molecule has 1 aromatic rings. The Morgan fingerprint density at radius 1 is 1.23 bits per heavy atom. The first-order valence-electron chi connectivity index (χ1n) is 12.9. The van der Waals surface area contributed by atoms with Crippen molar-refractivity contribution in [2.24, 2.45) is 17.6 Å². The van der Waals surface area contributed by atoms with Crippen molar-refractivity contribution in [1.29, 1.82) is 0 Å². The zero-order valence-corrected chi connectivity index (χ0v) is 22.7. The van der Waals surface area contributed by atoms with Crippen molar-refractivity contribution in [1.82, 2.24) is 10.2 Å². The van der Waals surface area contributed by atoms with Crippen LogP contribution in [0.3, 0.4) is 0 Å². The van der Waals surface area contributed by atoms with E-state index in [9.17, 15) is 39.6 Å². The maximum Gasteiger partial charge on any atom is 0.255 e. The number of phenols is 1. The molecule has 0 aromatic heterocycles. The number of Topliss-reactive ketones (excluding diaryl/α,β-unsaturated/α-hetero) is 2. The smallest absolute Gasteiger partial charge is 0.255 e. The number of benzene rings is 1. The van der Waals surface area contributed by atoms with Gasteiger partial charge in [0.2, 0.25) is 11.7 Å². The van der Waals surface area contributed by atoms with Crippen LogP contribution in [0.1, 0.15) is 30.9 Å². The van der Waals surface area contributed by atoms with Gasteiger partial charge in [-0.1, -0.05) is 6.92 Å². The van der Waals surface area contributed by atoms with Gasteiger partial charge in [0.1, 0.15) is 22.8 Å². The second-order valence-electron chi connectivity index (χ2n) is 10.5. The number of likely N-dealkylation sites (N-methyl/N-ethyl adjacent to an activating group) is 1. The first kappa shape index (κ1) is 29.1. The van der Waals surface area contributed by atoms with E-state index in [1.807, 2.05) is 6.92 Å². The lowest BCUT2D eigenvalue weighted by molar-refractivity contribution is -0.153. The SMILES string of the molecule is CCCNCC(=O)Nc1cc(OC)c2c(c1O)C(O)=C1C(=O)[C@]3(O)C(O)=C(C(N)=O)C(=O)[C@@H](N(C)C)[C@@H]3C[C@@H]1C2. The molecule has 2 amide bonds. The van der Waals surface area contributed by atoms with Crippen LogP contribution in [0, 0.1) is 11.8 Å². The summed E-state index contributed by atoms with van der Waals surface area (Å²) in [6, 6.07) is 0.234. The summed E-state index contributed by atoms with van der Waals surface area (Å²) in [6.07, 6.45) is 0.832. The van der Waals surface area contributed by atoms with E-state index in [0.717, 1.165) is 6.42 Å². The molecule has 40 heavy (non-hydrogen) atoms. The number of amides is 2. The number of fused-ring (bicyclic) bond motifs is 3. The van der Waals surface area contributed by atoms with E-state index in [2.05, 4.69) is 10.6 Å². The van der Waals surface area contributed by atoms with E-state index in [4.69, 9.17) is 10.5 Å². The van der Waals surface area contributed by atoms with Gasteiger partial charge in [0.25, 0.3) is 5.91 Å². The lowest BCUT2D eigenvalue weighted by atomic mass is 9.57. The van der Waals surface area contributed by atoms with Gasteiger partial charge in [-0.15, -0.1) is 0 Å². The fourth-order valence-electron chi connectivity index (χ4n) is 6.13. The predicted octanol–water partition coefficient (Wildman–Crippen LogP) is -0.0893. The van der Waals surface area contributed by atoms with Crippen molar-refractivity contribution >= 4 is 34.8 Å². The summed E-state index contributed by atoms with van der Waals surface area (Å²) >= 11 is 0. The van der Waals surface area contributed by atoms with E-state index < -0.39 is 69.7 Å². The third-order valence-electron chi connectivity index (χ3n) is 7.89. The van der Waals surface area contributed by atoms with Crippen molar-refractivity contribution < 1.29 is 44.3 Å². The van der Waals surface area contributed by atoms with Gasteiger partial charge in [0.15, 0.2) is 17.1 Å². The molecule has 0 bridgehead atoms. The highest BCUT2D eigenvalue weighted by molar-refractivity contribution is 6.24. The topological polar surface area (TPSA) is 212 Å². The molecule has 0 heterocycles. The number of anilines is 1. The summed E-state index contributed by atoms with van der Waals surface area (Å²) < 4.78 is 5.50. The monoisotopic (exact) mass is 558 g/mol. The fraction of sp³-hybridized carbons (Fsp3) is 0.481. The number of nitrogens with zero attached hydrogens (tertiary/aromatic N) is 1. The molecule has 1 fully saturated rings. The molecular formula is C27H34N4O9. The molecule has 8 N–H and O–H groups in total. The van der Waals surface area contributed by atoms with Crippen LogP contribution in [-0.4, -0.2) is 94.6 Å². The third-order valence-corrected chi connectivity index (χ3v) is 7.89. The van der Waals surface area contributed by atoms with Crippen molar-refractivity contribution in [2.75, 3.05) is 39.6 Å². The largest absolute Gasteiger partial charge is 0.508 e. The standard InChI is InChI=1S/C27H34N4O9/c1-5-6-29-10-16(32)30-14-9-15(40-4)12-7-11-8-13-20(31(2)3)23(35)19(26(28)38)25(37)27(13,39)24(36)17(11)22(34)18(12)21(14)33/h9,11,13,20,29,33-34,37,39H,5-8,10H2,1-4H3,(H2,28,38)(H,30,32)/t11-,13-,20-,27-/m0/s1. The van der Waals surface area contributed by atoms with Crippen LogP contribution in [0.25, 0.3) is 5.76 Å². The maximum absolute atomic E-state index is 13.9. The molecule has 1 saturated carbocycles. The fourth-order valence-corrected chi connectivity index (χ4v) is 6.13. The first-order chi connectivity index (χ1) is 18.8. The summed E-state index contributed by atoms with van der Waals surface area (Å²) in [7, 11) is 4.43. The summed E-state index contributed by atoms with van der Waals surface area (Å²) in [6.45, 7) is 2.51. The Morgan fingerprint density at radius 2 is 1.90 bits per heavy atom. The van der Waals surface area contributed by atoms with Crippen molar-refractivity contribution in [3.05, 3.63) is 34.1 Å². The van der Waals surface area contributed by atoms with Gasteiger partial charge >= 0.3 is 0 Å². The van der Waals surface area contributed by atoms with E-state index in [1.54, 1.807) is 0 Å². The third kappa shape index (κ3) is 4.30. The maximum atomic E-state index is 13.9. The molecule has 3 aliphatic rings. The second kappa shape index (κ2) is 10.6. The number of nitrogens with one attached hydrogen (secondary N) is 2. The normalized spacial score (nSPS) is 25.9. The minimum atomic E-state index is -2.74. The van der Waals surface area contributed by atoms with Crippen LogP contribution in [0.4, 0.5) is 5.69 Å². The molecule has 3 aliphatic carbocycles. The summed E-state index contributed by atoms with van der Waals surface area (Å²) in [5.41, 5.74) is 1.54. The number of primary amides is 1.